The summed E-state index contributed by atoms with van der Waals surface area (Å²) in [7, 11) is -3.42. The molecule has 9 nitrogen and oxygen atoms in total. The van der Waals surface area contributed by atoms with Gasteiger partial charge in [0.25, 0.3) is 5.89 Å². The Hall–Kier alpha value is -4.38. The zero-order valence-electron chi connectivity index (χ0n) is 18.3. The van der Waals surface area contributed by atoms with Gasteiger partial charge in [0.15, 0.2) is 11.4 Å². The van der Waals surface area contributed by atoms with Gasteiger partial charge in [-0.3, -0.25) is 9.71 Å². The fourth-order valence-corrected chi connectivity index (χ4v) is 4.16. The largest absolute Gasteiger partial charge is 0.504 e. The first kappa shape index (κ1) is 22.4. The van der Waals surface area contributed by atoms with Crippen molar-refractivity contribution in [2.24, 2.45) is 0 Å². The molecular weight excluding hydrogens is 473 g/mol. The maximum Gasteiger partial charge on any atom is 0.270 e. The van der Waals surface area contributed by atoms with Gasteiger partial charge in [0.1, 0.15) is 11.3 Å². The monoisotopic (exact) mass is 491 g/mol. The van der Waals surface area contributed by atoms with Crippen LogP contribution in [0.5, 0.6) is 5.75 Å². The molecule has 11 heteroatoms. The molecule has 5 rings (SSSR count). The highest BCUT2D eigenvalue weighted by Crippen LogP contribution is 2.38. The highest BCUT2D eigenvalue weighted by atomic mass is 32.2. The molecule has 0 aliphatic heterocycles. The molecule has 0 unspecified atom stereocenters. The van der Waals surface area contributed by atoms with Crippen molar-refractivity contribution in [3.63, 3.8) is 0 Å². The van der Waals surface area contributed by atoms with E-state index in [0.717, 1.165) is 11.8 Å². The number of sulfonamides is 1. The Kier molecular flexibility index (Phi) is 5.61. The number of nitrogens with zero attached hydrogens (tertiary/aromatic N) is 4. The van der Waals surface area contributed by atoms with Crippen LogP contribution in [0.15, 0.2) is 71.3 Å². The van der Waals surface area contributed by atoms with Crippen LogP contribution in [0.3, 0.4) is 0 Å². The van der Waals surface area contributed by atoms with Crippen LogP contribution in [0.1, 0.15) is 11.5 Å². The zero-order chi connectivity index (χ0) is 24.6. The van der Waals surface area contributed by atoms with E-state index in [-0.39, 0.29) is 35.5 Å². The molecule has 0 atom stereocenters. The van der Waals surface area contributed by atoms with Gasteiger partial charge >= 0.3 is 0 Å². The lowest BCUT2D eigenvalue weighted by atomic mass is 10.0. The summed E-state index contributed by atoms with van der Waals surface area (Å²) in [6.07, 6.45) is 2.90. The molecule has 2 aromatic carbocycles. The van der Waals surface area contributed by atoms with Gasteiger partial charge in [-0.1, -0.05) is 24.3 Å². The molecule has 0 fully saturated rings. The van der Waals surface area contributed by atoms with Gasteiger partial charge in [-0.15, -0.1) is 10.2 Å². The van der Waals surface area contributed by atoms with E-state index >= 15 is 0 Å². The molecule has 176 valence electrons. The summed E-state index contributed by atoms with van der Waals surface area (Å²) in [5.74, 6) is -0.280. The minimum atomic E-state index is -3.42. The average Bonchev–Trinajstić information content (AvgIpc) is 3.29. The number of nitrogens with one attached hydrogen (secondary N) is 1. The SMILES string of the molecule is CS(=O)(=O)Nc1ccc(-c2nc(-c3nnc(Cc4ccc(F)cc4)o3)c(O)c3ncccc23)cc1. The molecule has 0 aliphatic rings. The molecule has 0 radical (unpaired) electrons. The van der Waals surface area contributed by atoms with Gasteiger partial charge in [0.05, 0.1) is 18.4 Å². The van der Waals surface area contributed by atoms with Gasteiger partial charge in [-0.05, 0) is 42.0 Å². The van der Waals surface area contributed by atoms with Crippen molar-refractivity contribution in [3.05, 3.63) is 84.1 Å². The van der Waals surface area contributed by atoms with Crippen molar-refractivity contribution in [1.82, 2.24) is 20.2 Å². The van der Waals surface area contributed by atoms with Crippen molar-refractivity contribution < 1.29 is 22.3 Å². The van der Waals surface area contributed by atoms with Crippen molar-refractivity contribution in [2.45, 2.75) is 6.42 Å². The van der Waals surface area contributed by atoms with Gasteiger partial charge in [0, 0.05) is 22.8 Å². The minimum absolute atomic E-state index is 0.00350. The fourth-order valence-electron chi connectivity index (χ4n) is 3.60. The molecule has 0 aliphatic carbocycles. The van der Waals surface area contributed by atoms with Crippen LogP contribution in [0.4, 0.5) is 10.1 Å². The predicted octanol–water partition coefficient (Wildman–Crippen LogP) is 4.15. The maximum absolute atomic E-state index is 13.2. The molecule has 2 N–H and O–H groups in total. The van der Waals surface area contributed by atoms with E-state index in [9.17, 15) is 17.9 Å². The van der Waals surface area contributed by atoms with Crippen LogP contribution >= 0.6 is 0 Å². The summed E-state index contributed by atoms with van der Waals surface area (Å²) >= 11 is 0. The van der Waals surface area contributed by atoms with Crippen LogP contribution in [0, 0.1) is 5.82 Å². The van der Waals surface area contributed by atoms with E-state index in [1.165, 1.54) is 12.1 Å². The Morgan fingerprint density at radius 3 is 2.46 bits per heavy atom. The van der Waals surface area contributed by atoms with Crippen LogP contribution in [0.25, 0.3) is 33.7 Å². The lowest BCUT2D eigenvalue weighted by Crippen LogP contribution is -2.09. The number of aromatic hydroxyl groups is 1. The third kappa shape index (κ3) is 4.80. The fraction of sp³-hybridized carbons (Fsp3) is 0.0833. The van der Waals surface area contributed by atoms with Crippen LogP contribution < -0.4 is 4.72 Å². The zero-order valence-corrected chi connectivity index (χ0v) is 19.1. The van der Waals surface area contributed by atoms with E-state index in [1.54, 1.807) is 54.7 Å². The topological polar surface area (TPSA) is 131 Å². The summed E-state index contributed by atoms with van der Waals surface area (Å²) in [5, 5.41) is 19.6. The summed E-state index contributed by atoms with van der Waals surface area (Å²) in [4.78, 5) is 8.90. The number of hydrogen-bond acceptors (Lipinski definition) is 8. The Labute approximate surface area is 199 Å². The normalized spacial score (nSPS) is 11.6. The number of anilines is 1. The number of benzene rings is 2. The average molecular weight is 492 g/mol. The highest BCUT2D eigenvalue weighted by Gasteiger charge is 2.21. The Morgan fingerprint density at radius 2 is 1.74 bits per heavy atom. The number of rotatable bonds is 6. The summed E-state index contributed by atoms with van der Waals surface area (Å²) in [6.45, 7) is 0. The van der Waals surface area contributed by atoms with Gasteiger partial charge in [-0.2, -0.15) is 0 Å². The van der Waals surface area contributed by atoms with Gasteiger partial charge < -0.3 is 9.52 Å². The second kappa shape index (κ2) is 8.76. The smallest absolute Gasteiger partial charge is 0.270 e. The third-order valence-corrected chi connectivity index (χ3v) is 5.74. The molecule has 35 heavy (non-hydrogen) atoms. The van der Waals surface area contributed by atoms with Crippen LogP contribution in [-0.4, -0.2) is 39.9 Å². The second-order valence-corrected chi connectivity index (χ2v) is 9.56. The summed E-state index contributed by atoms with van der Waals surface area (Å²) in [6, 6.07) is 16.1. The first-order valence-electron chi connectivity index (χ1n) is 10.4. The Balaban J connectivity index is 1.56. The predicted molar refractivity (Wildman–Crippen MR) is 128 cm³/mol. The summed E-state index contributed by atoms with van der Waals surface area (Å²) in [5.41, 5.74) is 2.69. The first-order chi connectivity index (χ1) is 16.8. The molecule has 0 amide bonds. The van der Waals surface area contributed by atoms with Crippen LogP contribution in [-0.2, 0) is 16.4 Å². The number of aromatic nitrogens is 4. The maximum atomic E-state index is 13.2. The van der Waals surface area contributed by atoms with E-state index in [2.05, 4.69) is 24.9 Å². The quantitative estimate of drug-likeness (QED) is 0.362. The Morgan fingerprint density at radius 1 is 1.00 bits per heavy atom. The van der Waals surface area contributed by atoms with E-state index in [4.69, 9.17) is 4.42 Å². The van der Waals surface area contributed by atoms with Crippen molar-refractivity contribution in [1.29, 1.82) is 0 Å². The van der Waals surface area contributed by atoms with Gasteiger partial charge in [0.2, 0.25) is 15.9 Å². The van der Waals surface area contributed by atoms with Crippen molar-refractivity contribution >= 4 is 26.6 Å². The second-order valence-electron chi connectivity index (χ2n) is 7.81. The molecule has 5 aromatic rings. The number of pyridine rings is 2. The first-order valence-corrected chi connectivity index (χ1v) is 12.3. The molecule has 0 saturated carbocycles. The molecule has 0 saturated heterocycles. The van der Waals surface area contributed by atoms with E-state index < -0.39 is 10.0 Å². The number of fused-ring (bicyclic) bond motifs is 1. The lowest BCUT2D eigenvalue weighted by molar-refractivity contribution is 0.471. The molecule has 0 bridgehead atoms. The highest BCUT2D eigenvalue weighted by molar-refractivity contribution is 7.92. The molecule has 3 heterocycles. The van der Waals surface area contributed by atoms with Crippen molar-refractivity contribution in [2.75, 3.05) is 11.0 Å². The summed E-state index contributed by atoms with van der Waals surface area (Å²) < 4.78 is 44.3. The molecule has 0 spiro atoms. The number of halogens is 1. The van der Waals surface area contributed by atoms with Crippen molar-refractivity contribution in [3.8, 4) is 28.6 Å². The lowest BCUT2D eigenvalue weighted by Gasteiger charge is -2.11. The van der Waals surface area contributed by atoms with E-state index in [0.29, 0.717) is 27.8 Å². The Bertz CT molecular complexity index is 1640. The van der Waals surface area contributed by atoms with E-state index in [1.807, 2.05) is 0 Å². The third-order valence-electron chi connectivity index (χ3n) is 5.13. The van der Waals surface area contributed by atoms with Crippen LogP contribution in [0.2, 0.25) is 0 Å². The molecular formula is C24H18FN5O4S. The molecule has 3 aromatic heterocycles. The standard InChI is InChI=1S/C24H18FN5O4S/c1-35(32,33)30-17-10-6-15(7-11-17)20-18-3-2-12-26-21(18)23(31)22(27-20)24-29-28-19(34-24)13-14-4-8-16(25)9-5-14/h2-12,30-31H,13H2,1H3. The van der Waals surface area contributed by atoms with Gasteiger partial charge in [-0.25, -0.2) is 17.8 Å². The number of hydrogen-bond donors (Lipinski definition) is 2. The minimum Gasteiger partial charge on any atom is -0.504 e.